The molecule has 3 nitrogen and oxygen atoms in total. The summed E-state index contributed by atoms with van der Waals surface area (Å²) < 4.78 is 1.24. The van der Waals surface area contributed by atoms with E-state index in [1.54, 1.807) is 0 Å². The fraction of sp³-hybridized carbons (Fsp3) is 0.444. The first-order valence-corrected chi connectivity index (χ1v) is 5.52. The molecule has 1 fully saturated rings. The maximum atomic E-state index is 4.39. The van der Waals surface area contributed by atoms with Gasteiger partial charge in [0.15, 0.2) is 0 Å². The van der Waals surface area contributed by atoms with Crippen LogP contribution in [0.25, 0.3) is 0 Å². The number of halogens is 1. The van der Waals surface area contributed by atoms with Crippen molar-refractivity contribution in [2.75, 3.05) is 31.1 Å². The van der Waals surface area contributed by atoms with Crippen molar-refractivity contribution in [2.24, 2.45) is 0 Å². The van der Waals surface area contributed by atoms with Crippen molar-refractivity contribution >= 4 is 28.4 Å². The Hall–Kier alpha value is -0.360. The minimum Gasteiger partial charge on any atom is -0.353 e. The van der Waals surface area contributed by atoms with Gasteiger partial charge in [0.25, 0.3) is 0 Å². The molecular formula is C9H12IN3. The van der Waals surface area contributed by atoms with Crippen LogP contribution in [0.15, 0.2) is 18.3 Å². The Kier molecular flexibility index (Phi) is 3.00. The zero-order valence-electron chi connectivity index (χ0n) is 7.33. The number of piperazine rings is 1. The first-order valence-electron chi connectivity index (χ1n) is 4.44. The molecule has 13 heavy (non-hydrogen) atoms. The molecule has 0 spiro atoms. The highest BCUT2D eigenvalue weighted by atomic mass is 127. The summed E-state index contributed by atoms with van der Waals surface area (Å²) in [6, 6.07) is 4.08. The number of anilines is 1. The number of pyridine rings is 1. The van der Waals surface area contributed by atoms with Gasteiger partial charge in [-0.05, 0) is 34.7 Å². The van der Waals surface area contributed by atoms with Gasteiger partial charge in [0.1, 0.15) is 5.82 Å². The zero-order valence-corrected chi connectivity index (χ0v) is 9.49. The Labute approximate surface area is 91.7 Å². The largest absolute Gasteiger partial charge is 0.353 e. The van der Waals surface area contributed by atoms with E-state index in [4.69, 9.17) is 0 Å². The maximum absolute atomic E-state index is 4.39. The molecule has 1 N–H and O–H groups in total. The standard InChI is InChI=1S/C9H12IN3/c10-8-2-1-3-12-9(8)13-6-4-11-5-7-13/h1-3,11H,4-7H2. The van der Waals surface area contributed by atoms with Crippen LogP contribution in [0.5, 0.6) is 0 Å². The Morgan fingerprint density at radius 2 is 2.15 bits per heavy atom. The normalized spacial score (nSPS) is 17.5. The molecule has 1 aliphatic heterocycles. The van der Waals surface area contributed by atoms with Crippen LogP contribution in [-0.2, 0) is 0 Å². The lowest BCUT2D eigenvalue weighted by Gasteiger charge is -2.28. The quantitative estimate of drug-likeness (QED) is 0.785. The Morgan fingerprint density at radius 3 is 2.85 bits per heavy atom. The monoisotopic (exact) mass is 289 g/mol. The van der Waals surface area contributed by atoms with E-state index >= 15 is 0 Å². The molecule has 1 aromatic rings. The van der Waals surface area contributed by atoms with Crippen LogP contribution in [-0.4, -0.2) is 31.2 Å². The van der Waals surface area contributed by atoms with E-state index in [0.717, 1.165) is 32.0 Å². The minimum absolute atomic E-state index is 1.06. The summed E-state index contributed by atoms with van der Waals surface area (Å²) in [6.45, 7) is 4.25. The van der Waals surface area contributed by atoms with Gasteiger partial charge in [-0.2, -0.15) is 0 Å². The molecule has 1 saturated heterocycles. The third-order valence-corrected chi connectivity index (χ3v) is 3.00. The second-order valence-electron chi connectivity index (χ2n) is 3.05. The number of nitrogens with one attached hydrogen (secondary N) is 1. The first kappa shape index (κ1) is 9.21. The van der Waals surface area contributed by atoms with Crippen LogP contribution < -0.4 is 10.2 Å². The van der Waals surface area contributed by atoms with E-state index in [1.807, 2.05) is 12.3 Å². The van der Waals surface area contributed by atoms with Crippen LogP contribution in [0.4, 0.5) is 5.82 Å². The molecule has 1 aromatic heterocycles. The third kappa shape index (κ3) is 2.11. The molecule has 0 aromatic carbocycles. The molecule has 1 aliphatic rings. The highest BCUT2D eigenvalue weighted by molar-refractivity contribution is 14.1. The molecule has 0 aliphatic carbocycles. The molecule has 0 bridgehead atoms. The number of aromatic nitrogens is 1. The van der Waals surface area contributed by atoms with Gasteiger partial charge in [0, 0.05) is 32.4 Å². The van der Waals surface area contributed by atoms with Gasteiger partial charge in [0.05, 0.1) is 3.57 Å². The van der Waals surface area contributed by atoms with Crippen molar-refractivity contribution < 1.29 is 0 Å². The molecule has 0 unspecified atom stereocenters. The number of nitrogens with zero attached hydrogens (tertiary/aromatic N) is 2. The summed E-state index contributed by atoms with van der Waals surface area (Å²) in [4.78, 5) is 6.72. The van der Waals surface area contributed by atoms with Crippen molar-refractivity contribution in [2.45, 2.75) is 0 Å². The SMILES string of the molecule is Ic1cccnc1N1CCNCC1. The summed E-state index contributed by atoms with van der Waals surface area (Å²) in [5.74, 6) is 1.13. The van der Waals surface area contributed by atoms with Crippen LogP contribution in [0, 0.1) is 3.57 Å². The van der Waals surface area contributed by atoms with Crippen molar-refractivity contribution in [1.29, 1.82) is 0 Å². The smallest absolute Gasteiger partial charge is 0.142 e. The Morgan fingerprint density at radius 1 is 1.38 bits per heavy atom. The Balaban J connectivity index is 2.18. The van der Waals surface area contributed by atoms with Crippen LogP contribution in [0.1, 0.15) is 0 Å². The van der Waals surface area contributed by atoms with E-state index in [2.05, 4.69) is 43.9 Å². The molecule has 0 amide bonds. The summed E-state index contributed by atoms with van der Waals surface area (Å²) in [5.41, 5.74) is 0. The average molecular weight is 289 g/mol. The van der Waals surface area contributed by atoms with E-state index < -0.39 is 0 Å². The van der Waals surface area contributed by atoms with E-state index in [1.165, 1.54) is 3.57 Å². The lowest BCUT2D eigenvalue weighted by atomic mass is 10.3. The van der Waals surface area contributed by atoms with Crippen molar-refractivity contribution in [3.63, 3.8) is 0 Å². The molecule has 2 heterocycles. The average Bonchev–Trinajstić information content (AvgIpc) is 2.20. The fourth-order valence-electron chi connectivity index (χ4n) is 1.49. The number of hydrogen-bond acceptors (Lipinski definition) is 3. The summed E-state index contributed by atoms with van der Waals surface area (Å²) in [5, 5.41) is 3.33. The zero-order chi connectivity index (χ0) is 9.10. The number of hydrogen-bond donors (Lipinski definition) is 1. The minimum atomic E-state index is 1.06. The van der Waals surface area contributed by atoms with Crippen molar-refractivity contribution in [1.82, 2.24) is 10.3 Å². The molecule has 70 valence electrons. The molecule has 2 rings (SSSR count). The van der Waals surface area contributed by atoms with Gasteiger partial charge < -0.3 is 10.2 Å². The van der Waals surface area contributed by atoms with Gasteiger partial charge in [-0.25, -0.2) is 4.98 Å². The fourth-order valence-corrected chi connectivity index (χ4v) is 2.17. The molecule has 4 heteroatoms. The summed E-state index contributed by atoms with van der Waals surface area (Å²) >= 11 is 2.34. The molecule has 0 atom stereocenters. The highest BCUT2D eigenvalue weighted by Gasteiger charge is 2.13. The summed E-state index contributed by atoms with van der Waals surface area (Å²) in [7, 11) is 0. The second-order valence-corrected chi connectivity index (χ2v) is 4.21. The number of rotatable bonds is 1. The molecular weight excluding hydrogens is 277 g/mol. The predicted octanol–water partition coefficient (Wildman–Crippen LogP) is 1.10. The van der Waals surface area contributed by atoms with Crippen LogP contribution >= 0.6 is 22.6 Å². The molecule has 0 radical (unpaired) electrons. The molecule has 0 saturated carbocycles. The first-order chi connectivity index (χ1) is 6.38. The van der Waals surface area contributed by atoms with Gasteiger partial charge in [-0.15, -0.1) is 0 Å². The second kappa shape index (κ2) is 4.23. The van der Waals surface area contributed by atoms with E-state index in [9.17, 15) is 0 Å². The third-order valence-electron chi connectivity index (χ3n) is 2.16. The van der Waals surface area contributed by atoms with Gasteiger partial charge in [-0.3, -0.25) is 0 Å². The van der Waals surface area contributed by atoms with Gasteiger partial charge >= 0.3 is 0 Å². The lowest BCUT2D eigenvalue weighted by molar-refractivity contribution is 0.584. The topological polar surface area (TPSA) is 28.2 Å². The summed E-state index contributed by atoms with van der Waals surface area (Å²) in [6.07, 6.45) is 1.86. The van der Waals surface area contributed by atoms with Crippen LogP contribution in [0.3, 0.4) is 0 Å². The van der Waals surface area contributed by atoms with E-state index in [-0.39, 0.29) is 0 Å². The van der Waals surface area contributed by atoms with Gasteiger partial charge in [0.2, 0.25) is 0 Å². The van der Waals surface area contributed by atoms with Crippen molar-refractivity contribution in [3.8, 4) is 0 Å². The van der Waals surface area contributed by atoms with Crippen molar-refractivity contribution in [3.05, 3.63) is 21.9 Å². The predicted molar refractivity (Wildman–Crippen MR) is 62.0 cm³/mol. The highest BCUT2D eigenvalue weighted by Crippen LogP contribution is 2.18. The van der Waals surface area contributed by atoms with Crippen LogP contribution in [0.2, 0.25) is 0 Å². The van der Waals surface area contributed by atoms with Gasteiger partial charge in [-0.1, -0.05) is 0 Å². The Bertz CT molecular complexity index is 284. The maximum Gasteiger partial charge on any atom is 0.142 e. The van der Waals surface area contributed by atoms with E-state index in [0.29, 0.717) is 0 Å². The lowest BCUT2D eigenvalue weighted by Crippen LogP contribution is -2.44.